The zero-order valence-electron chi connectivity index (χ0n) is 10.3. The van der Waals surface area contributed by atoms with E-state index in [0.29, 0.717) is 13.2 Å². The third kappa shape index (κ3) is 5.91. The molecule has 0 saturated carbocycles. The second kappa shape index (κ2) is 7.84. The summed E-state index contributed by atoms with van der Waals surface area (Å²) in [5.74, 6) is -0.592. The van der Waals surface area contributed by atoms with Crippen molar-refractivity contribution < 1.29 is 18.7 Å². The molecule has 0 fully saturated rings. The monoisotopic (exact) mass is 234 g/mol. The number of ether oxygens (including phenoxy) is 2. The minimum absolute atomic E-state index is 0.0937. The van der Waals surface area contributed by atoms with Crippen molar-refractivity contribution in [3.05, 3.63) is 0 Å². The van der Waals surface area contributed by atoms with Crippen molar-refractivity contribution in [2.75, 3.05) is 13.2 Å². The lowest BCUT2D eigenvalue weighted by Crippen LogP contribution is -2.38. The fourth-order valence-corrected chi connectivity index (χ4v) is 2.70. The second-order valence-electron chi connectivity index (χ2n) is 3.58. The molecule has 0 aromatic carbocycles. The molecular weight excluding hydrogens is 212 g/mol. The van der Waals surface area contributed by atoms with E-state index in [0.717, 1.165) is 0 Å². The van der Waals surface area contributed by atoms with Crippen LogP contribution in [0, 0.1) is 5.92 Å². The molecule has 0 N–H and O–H groups in total. The highest BCUT2D eigenvalue weighted by Gasteiger charge is 2.25. The van der Waals surface area contributed by atoms with Crippen molar-refractivity contribution in [3.8, 4) is 0 Å². The van der Waals surface area contributed by atoms with Crippen LogP contribution in [-0.4, -0.2) is 34.1 Å². The van der Waals surface area contributed by atoms with Crippen LogP contribution >= 0.6 is 0 Å². The molecule has 0 amide bonds. The predicted octanol–water partition coefficient (Wildman–Crippen LogP) is 1.48. The Bertz CT molecular complexity index is 178. The summed E-state index contributed by atoms with van der Waals surface area (Å²) < 4.78 is 16.1. The van der Waals surface area contributed by atoms with Gasteiger partial charge in [-0.05, 0) is 20.4 Å². The summed E-state index contributed by atoms with van der Waals surface area (Å²) in [4.78, 5) is 11.4. The highest BCUT2D eigenvalue weighted by Crippen LogP contribution is 2.06. The topological polar surface area (TPSA) is 44.8 Å². The molecule has 90 valence electrons. The zero-order chi connectivity index (χ0) is 11.8. The second-order valence-corrected chi connectivity index (χ2v) is 5.77. The van der Waals surface area contributed by atoms with Gasteiger partial charge in [-0.25, -0.2) is 0 Å². The van der Waals surface area contributed by atoms with Gasteiger partial charge in [0.15, 0.2) is 5.91 Å². The number of carbonyl (C=O) groups is 1. The van der Waals surface area contributed by atoms with E-state index in [1.165, 1.54) is 0 Å². The van der Waals surface area contributed by atoms with E-state index in [4.69, 9.17) is 13.9 Å². The minimum Gasteiger partial charge on any atom is -0.517 e. The van der Waals surface area contributed by atoms with Gasteiger partial charge in [0.2, 0.25) is 0 Å². The van der Waals surface area contributed by atoms with Crippen LogP contribution in [0.25, 0.3) is 0 Å². The lowest BCUT2D eigenvalue weighted by molar-refractivity contribution is -0.142. The molecule has 4 nitrogen and oxygen atoms in total. The highest BCUT2D eigenvalue weighted by atomic mass is 28.3. The molecule has 0 heterocycles. The zero-order valence-corrected chi connectivity index (χ0v) is 11.4. The predicted molar refractivity (Wildman–Crippen MR) is 61.0 cm³/mol. The van der Waals surface area contributed by atoms with Crippen molar-refractivity contribution >= 4 is 15.0 Å². The first-order chi connectivity index (χ1) is 7.02. The SMILES string of the molecule is CCOC(OCC)[SiH](C)OC(=O)C(C)C. The van der Waals surface area contributed by atoms with Crippen LogP contribution in [0.5, 0.6) is 0 Å². The quantitative estimate of drug-likeness (QED) is 0.494. The summed E-state index contributed by atoms with van der Waals surface area (Å²) in [6.07, 6.45) is 0. The maximum Gasteiger partial charge on any atom is 0.295 e. The molecule has 0 spiro atoms. The number of hydrogen-bond acceptors (Lipinski definition) is 4. The van der Waals surface area contributed by atoms with Crippen molar-refractivity contribution in [3.63, 3.8) is 0 Å². The van der Waals surface area contributed by atoms with Gasteiger partial charge in [-0.3, -0.25) is 4.79 Å². The largest absolute Gasteiger partial charge is 0.517 e. The standard InChI is InChI=1S/C10H22O4Si/c1-6-12-10(13-7-2)15(5)14-9(11)8(3)4/h8,10,15H,6-7H2,1-5H3. The summed E-state index contributed by atoms with van der Waals surface area (Å²) >= 11 is 0. The van der Waals surface area contributed by atoms with Gasteiger partial charge < -0.3 is 13.9 Å². The first kappa shape index (κ1) is 14.6. The molecular formula is C10H22O4Si. The molecule has 0 aliphatic rings. The van der Waals surface area contributed by atoms with Gasteiger partial charge in [-0.15, -0.1) is 0 Å². The molecule has 0 radical (unpaired) electrons. The number of carbonyl (C=O) groups excluding carboxylic acids is 1. The lowest BCUT2D eigenvalue weighted by atomic mass is 10.2. The number of hydrogen-bond donors (Lipinski definition) is 0. The van der Waals surface area contributed by atoms with Gasteiger partial charge in [0.25, 0.3) is 15.0 Å². The van der Waals surface area contributed by atoms with Crippen LogP contribution in [0.4, 0.5) is 0 Å². The Hall–Kier alpha value is -0.393. The molecule has 5 heteroatoms. The first-order valence-corrected chi connectivity index (χ1v) is 7.75. The molecule has 0 rings (SSSR count). The summed E-state index contributed by atoms with van der Waals surface area (Å²) in [6, 6.07) is 0. The lowest BCUT2D eigenvalue weighted by Gasteiger charge is -2.23. The summed E-state index contributed by atoms with van der Waals surface area (Å²) in [7, 11) is -1.76. The maximum atomic E-state index is 11.4. The van der Waals surface area contributed by atoms with Crippen molar-refractivity contribution in [2.45, 2.75) is 40.2 Å². The van der Waals surface area contributed by atoms with Crippen molar-refractivity contribution in [2.24, 2.45) is 5.92 Å². The smallest absolute Gasteiger partial charge is 0.295 e. The molecule has 0 saturated heterocycles. The Morgan fingerprint density at radius 3 is 2.00 bits per heavy atom. The molecule has 0 aromatic rings. The van der Waals surface area contributed by atoms with E-state index < -0.39 is 9.04 Å². The molecule has 1 unspecified atom stereocenters. The highest BCUT2D eigenvalue weighted by molar-refractivity contribution is 6.53. The molecule has 1 atom stereocenters. The fourth-order valence-electron chi connectivity index (χ4n) is 1.02. The van der Waals surface area contributed by atoms with Gasteiger partial charge in [0.1, 0.15) is 0 Å². The van der Waals surface area contributed by atoms with Gasteiger partial charge >= 0.3 is 0 Å². The summed E-state index contributed by atoms with van der Waals surface area (Å²) in [6.45, 7) is 10.5. The Morgan fingerprint density at radius 2 is 1.67 bits per heavy atom. The Kier molecular flexibility index (Phi) is 7.64. The summed E-state index contributed by atoms with van der Waals surface area (Å²) in [5.41, 5.74) is 0. The summed E-state index contributed by atoms with van der Waals surface area (Å²) in [5, 5.41) is 0. The average Bonchev–Trinajstić information content (AvgIpc) is 2.17. The number of rotatable bonds is 7. The minimum atomic E-state index is -1.76. The van der Waals surface area contributed by atoms with Gasteiger partial charge in [0, 0.05) is 19.1 Å². The van der Waals surface area contributed by atoms with E-state index in [-0.39, 0.29) is 17.8 Å². The normalized spacial score (nSPS) is 13.3. The molecule has 0 aromatic heterocycles. The average molecular weight is 234 g/mol. The third-order valence-electron chi connectivity index (χ3n) is 1.82. The first-order valence-electron chi connectivity index (χ1n) is 5.46. The Labute approximate surface area is 93.6 Å². The Morgan fingerprint density at radius 1 is 1.20 bits per heavy atom. The van der Waals surface area contributed by atoms with E-state index in [1.807, 2.05) is 34.2 Å². The van der Waals surface area contributed by atoms with Crippen LogP contribution in [0.1, 0.15) is 27.7 Å². The van der Waals surface area contributed by atoms with E-state index in [2.05, 4.69) is 0 Å². The van der Waals surface area contributed by atoms with Gasteiger partial charge in [0.05, 0.1) is 0 Å². The van der Waals surface area contributed by atoms with Crippen LogP contribution in [0.15, 0.2) is 0 Å². The Balaban J connectivity index is 4.11. The molecule has 15 heavy (non-hydrogen) atoms. The molecule has 0 aliphatic heterocycles. The van der Waals surface area contributed by atoms with Crippen molar-refractivity contribution in [1.82, 2.24) is 0 Å². The van der Waals surface area contributed by atoms with Gasteiger partial charge in [-0.1, -0.05) is 13.8 Å². The maximum absolute atomic E-state index is 11.4. The van der Waals surface area contributed by atoms with Crippen LogP contribution in [-0.2, 0) is 18.7 Å². The van der Waals surface area contributed by atoms with E-state index in [1.54, 1.807) is 0 Å². The molecule has 0 aliphatic carbocycles. The van der Waals surface area contributed by atoms with Crippen LogP contribution < -0.4 is 0 Å². The van der Waals surface area contributed by atoms with Gasteiger partial charge in [-0.2, -0.15) is 0 Å². The van der Waals surface area contributed by atoms with Crippen LogP contribution in [0.2, 0.25) is 6.55 Å². The van der Waals surface area contributed by atoms with Crippen molar-refractivity contribution in [1.29, 1.82) is 0 Å². The molecule has 0 bridgehead atoms. The van der Waals surface area contributed by atoms with E-state index >= 15 is 0 Å². The van der Waals surface area contributed by atoms with E-state index in [9.17, 15) is 4.79 Å². The third-order valence-corrected chi connectivity index (χ3v) is 3.57. The fraction of sp³-hybridized carbons (Fsp3) is 0.900. The van der Waals surface area contributed by atoms with Crippen LogP contribution in [0.3, 0.4) is 0 Å².